The molecule has 0 spiro atoms. The van der Waals surface area contributed by atoms with Gasteiger partial charge in [-0.1, -0.05) is 48.5 Å². The lowest BCUT2D eigenvalue weighted by molar-refractivity contribution is -0.125. The van der Waals surface area contributed by atoms with Crippen LogP contribution in [0.15, 0.2) is 72.9 Å². The fraction of sp³-hybridized carbons (Fsp3) is 0.192. The van der Waals surface area contributed by atoms with Gasteiger partial charge in [-0.3, -0.25) is 14.5 Å². The Balaban J connectivity index is 1.43. The highest BCUT2D eigenvalue weighted by atomic mass is 16.2. The first kappa shape index (κ1) is 21.5. The molecule has 0 unspecified atom stereocenters. The zero-order chi connectivity index (χ0) is 22.5. The van der Waals surface area contributed by atoms with Crippen LogP contribution in [0.2, 0.25) is 0 Å². The van der Waals surface area contributed by atoms with Crippen LogP contribution in [0.4, 0.5) is 5.82 Å². The fourth-order valence-corrected chi connectivity index (χ4v) is 3.74. The van der Waals surface area contributed by atoms with Gasteiger partial charge in [0.2, 0.25) is 11.8 Å². The molecule has 0 aliphatic carbocycles. The first-order chi connectivity index (χ1) is 15.5. The summed E-state index contributed by atoms with van der Waals surface area (Å²) in [5.74, 6) is 0.420. The summed E-state index contributed by atoms with van der Waals surface area (Å²) in [6.07, 6.45) is 4.99. The fourth-order valence-electron chi connectivity index (χ4n) is 3.74. The average molecular weight is 427 g/mol. The van der Waals surface area contributed by atoms with E-state index in [2.05, 4.69) is 34.6 Å². The molecule has 1 N–H and O–H groups in total. The van der Waals surface area contributed by atoms with Crippen LogP contribution in [-0.2, 0) is 22.7 Å². The third-order valence-electron chi connectivity index (χ3n) is 5.35. The maximum Gasteiger partial charge on any atom is 0.246 e. The van der Waals surface area contributed by atoms with E-state index in [1.807, 2.05) is 48.3 Å². The Morgan fingerprint density at radius 1 is 1.09 bits per heavy atom. The monoisotopic (exact) mass is 426 g/mol. The minimum atomic E-state index is -0.0875. The van der Waals surface area contributed by atoms with Crippen LogP contribution in [-0.4, -0.2) is 47.2 Å². The summed E-state index contributed by atoms with van der Waals surface area (Å²) in [5, 5.41) is 2.82. The van der Waals surface area contributed by atoms with Crippen LogP contribution in [0.1, 0.15) is 16.7 Å². The molecule has 2 amide bonds. The van der Waals surface area contributed by atoms with Crippen molar-refractivity contribution in [2.24, 2.45) is 0 Å². The van der Waals surface area contributed by atoms with Gasteiger partial charge < -0.3 is 10.2 Å². The van der Waals surface area contributed by atoms with Crippen LogP contribution in [0.25, 0.3) is 17.2 Å². The Bertz CT molecular complexity index is 1160. The van der Waals surface area contributed by atoms with Crippen molar-refractivity contribution in [1.29, 1.82) is 0 Å². The van der Waals surface area contributed by atoms with Gasteiger partial charge in [0.25, 0.3) is 0 Å². The van der Waals surface area contributed by atoms with E-state index in [-0.39, 0.29) is 11.8 Å². The van der Waals surface area contributed by atoms with Gasteiger partial charge in [-0.15, -0.1) is 0 Å². The average Bonchev–Trinajstić information content (AvgIpc) is 2.93. The minimum absolute atomic E-state index is 0.0739. The molecule has 3 aromatic rings. The zero-order valence-electron chi connectivity index (χ0n) is 18.3. The third-order valence-corrected chi connectivity index (χ3v) is 5.35. The maximum atomic E-state index is 12.7. The summed E-state index contributed by atoms with van der Waals surface area (Å²) in [4.78, 5) is 32.5. The van der Waals surface area contributed by atoms with Gasteiger partial charge in [0.1, 0.15) is 5.82 Å². The number of hydrogen-bond donors (Lipinski definition) is 1. The van der Waals surface area contributed by atoms with Gasteiger partial charge in [0.05, 0.1) is 6.54 Å². The number of rotatable bonds is 5. The lowest BCUT2D eigenvalue weighted by Crippen LogP contribution is -2.26. The zero-order valence-corrected chi connectivity index (χ0v) is 18.3. The van der Waals surface area contributed by atoms with E-state index in [9.17, 15) is 9.59 Å². The van der Waals surface area contributed by atoms with E-state index >= 15 is 0 Å². The van der Waals surface area contributed by atoms with Gasteiger partial charge in [-0.2, -0.15) is 0 Å². The molecular formula is C26H26N4O2. The predicted octanol–water partition coefficient (Wildman–Crippen LogP) is 3.80. The van der Waals surface area contributed by atoms with E-state index in [1.165, 1.54) is 0 Å². The third kappa shape index (κ3) is 5.28. The van der Waals surface area contributed by atoms with Crippen molar-refractivity contribution in [3.05, 3.63) is 89.6 Å². The Kier molecular flexibility index (Phi) is 6.42. The molecule has 2 aromatic carbocycles. The number of anilines is 1. The SMILES string of the molecule is CN1CC(=O)Nc2ncc(/C=C/C(=O)N(C)Cc3cccc(-c4ccccc4)c3)cc2C1. The first-order valence-electron chi connectivity index (χ1n) is 10.5. The largest absolute Gasteiger partial charge is 0.338 e. The second-order valence-electron chi connectivity index (χ2n) is 8.09. The van der Waals surface area contributed by atoms with E-state index < -0.39 is 0 Å². The molecule has 0 fully saturated rings. The quantitative estimate of drug-likeness (QED) is 0.630. The molecular weight excluding hydrogens is 400 g/mol. The van der Waals surface area contributed by atoms with Crippen LogP contribution in [0.5, 0.6) is 0 Å². The van der Waals surface area contributed by atoms with E-state index in [4.69, 9.17) is 0 Å². The van der Waals surface area contributed by atoms with E-state index in [0.717, 1.165) is 27.8 Å². The van der Waals surface area contributed by atoms with Gasteiger partial charge in [-0.05, 0) is 47.5 Å². The lowest BCUT2D eigenvalue weighted by Gasteiger charge is -2.16. The molecule has 1 aliphatic heterocycles. The van der Waals surface area contributed by atoms with Crippen molar-refractivity contribution in [3.63, 3.8) is 0 Å². The number of fused-ring (bicyclic) bond motifs is 1. The first-order valence-corrected chi connectivity index (χ1v) is 10.5. The highest BCUT2D eigenvalue weighted by molar-refractivity contribution is 5.93. The number of nitrogens with zero attached hydrogens (tertiary/aromatic N) is 3. The Morgan fingerprint density at radius 2 is 1.88 bits per heavy atom. The molecule has 1 aliphatic rings. The number of carbonyl (C=O) groups excluding carboxylic acids is 2. The standard InChI is InChI=1S/C26H26N4O2/c1-29-17-23-13-19(15-27-26(23)28-24(31)18-29)11-12-25(32)30(2)16-20-7-6-10-22(14-20)21-8-4-3-5-9-21/h3-15H,16-18H2,1-2H3,(H,27,28,31)/b12-11+. The van der Waals surface area contributed by atoms with Gasteiger partial charge >= 0.3 is 0 Å². The number of benzene rings is 2. The van der Waals surface area contributed by atoms with Gasteiger partial charge in [0.15, 0.2) is 0 Å². The Labute approximate surface area is 188 Å². The molecule has 0 saturated heterocycles. The highest BCUT2D eigenvalue weighted by Gasteiger charge is 2.17. The summed E-state index contributed by atoms with van der Waals surface area (Å²) in [6, 6.07) is 20.4. The van der Waals surface area contributed by atoms with Crippen molar-refractivity contribution in [1.82, 2.24) is 14.8 Å². The number of hydrogen-bond acceptors (Lipinski definition) is 4. The molecule has 6 heteroatoms. The number of amides is 2. The summed E-state index contributed by atoms with van der Waals surface area (Å²) in [6.45, 7) is 1.47. The summed E-state index contributed by atoms with van der Waals surface area (Å²) < 4.78 is 0. The number of nitrogens with one attached hydrogen (secondary N) is 1. The summed E-state index contributed by atoms with van der Waals surface area (Å²) >= 11 is 0. The smallest absolute Gasteiger partial charge is 0.246 e. The second-order valence-corrected chi connectivity index (χ2v) is 8.09. The summed E-state index contributed by atoms with van der Waals surface area (Å²) in [7, 11) is 3.68. The molecule has 4 rings (SSSR count). The molecule has 2 heterocycles. The number of carbonyl (C=O) groups is 2. The maximum absolute atomic E-state index is 12.7. The topological polar surface area (TPSA) is 65.5 Å². The van der Waals surface area contributed by atoms with Crippen molar-refractivity contribution in [3.8, 4) is 11.1 Å². The molecule has 162 valence electrons. The van der Waals surface area contributed by atoms with E-state index in [1.54, 1.807) is 30.3 Å². The predicted molar refractivity (Wildman–Crippen MR) is 127 cm³/mol. The van der Waals surface area contributed by atoms with Gasteiger partial charge in [-0.25, -0.2) is 4.98 Å². The minimum Gasteiger partial charge on any atom is -0.338 e. The molecule has 0 atom stereocenters. The number of aromatic nitrogens is 1. The number of likely N-dealkylation sites (N-methyl/N-ethyl adjacent to an activating group) is 2. The Morgan fingerprint density at radius 3 is 2.69 bits per heavy atom. The van der Waals surface area contributed by atoms with Crippen LogP contribution < -0.4 is 5.32 Å². The summed E-state index contributed by atoms with van der Waals surface area (Å²) in [5.41, 5.74) is 5.11. The molecule has 6 nitrogen and oxygen atoms in total. The van der Waals surface area contributed by atoms with E-state index in [0.29, 0.717) is 25.5 Å². The van der Waals surface area contributed by atoms with Crippen molar-refractivity contribution in [2.45, 2.75) is 13.1 Å². The molecule has 0 bridgehead atoms. The number of pyridine rings is 1. The van der Waals surface area contributed by atoms with Crippen LogP contribution in [0.3, 0.4) is 0 Å². The highest BCUT2D eigenvalue weighted by Crippen LogP contribution is 2.21. The second kappa shape index (κ2) is 9.58. The normalized spacial score (nSPS) is 14.0. The Hall–Kier alpha value is -3.77. The molecule has 0 radical (unpaired) electrons. The van der Waals surface area contributed by atoms with Crippen molar-refractivity contribution < 1.29 is 9.59 Å². The molecule has 32 heavy (non-hydrogen) atoms. The van der Waals surface area contributed by atoms with Crippen LogP contribution in [0, 0.1) is 0 Å². The molecule has 0 saturated carbocycles. The lowest BCUT2D eigenvalue weighted by atomic mass is 10.0. The van der Waals surface area contributed by atoms with Crippen molar-refractivity contribution >= 4 is 23.7 Å². The molecule has 1 aromatic heterocycles. The van der Waals surface area contributed by atoms with Gasteiger partial charge in [0, 0.05) is 38.0 Å². The van der Waals surface area contributed by atoms with Crippen LogP contribution >= 0.6 is 0 Å². The van der Waals surface area contributed by atoms with Crippen molar-refractivity contribution in [2.75, 3.05) is 26.0 Å².